The first-order chi connectivity index (χ1) is 5.36. The van der Waals surface area contributed by atoms with Gasteiger partial charge in [-0.2, -0.15) is 0 Å². The molecule has 1 aromatic carbocycles. The van der Waals surface area contributed by atoms with E-state index in [0.717, 1.165) is 5.41 Å². The van der Waals surface area contributed by atoms with Crippen LogP contribution in [0, 0.1) is 5.41 Å². The third-order valence-corrected chi connectivity index (χ3v) is 3.86. The maximum absolute atomic E-state index is 2.36. The summed E-state index contributed by atoms with van der Waals surface area (Å²) in [6.07, 6.45) is 5.63. The highest BCUT2D eigenvalue weighted by Crippen LogP contribution is 2.56. The molecule has 0 nitrogen and oxygen atoms in total. The minimum atomic E-state index is 0.721. The summed E-state index contributed by atoms with van der Waals surface area (Å²) in [6, 6.07) is 4.73. The molecule has 0 heterocycles. The summed E-state index contributed by atoms with van der Waals surface area (Å²) >= 11 is 0. The lowest BCUT2D eigenvalue weighted by molar-refractivity contribution is 0.341. The SMILES string of the molecule is c1cc2c3c4c1CC(C2)(C4)C3. The summed E-state index contributed by atoms with van der Waals surface area (Å²) < 4.78 is 0. The molecule has 0 aliphatic heterocycles. The van der Waals surface area contributed by atoms with E-state index in [1.807, 2.05) is 0 Å². The predicted octanol–water partition coefficient (Wildman–Crippen LogP) is 1.88. The van der Waals surface area contributed by atoms with Gasteiger partial charge in [-0.3, -0.25) is 0 Å². The van der Waals surface area contributed by atoms with E-state index in [0.29, 0.717) is 0 Å². The monoisotopic (exact) mass is 142 g/mol. The molecule has 0 atom stereocenters. The molecule has 0 aromatic heterocycles. The highest BCUT2D eigenvalue weighted by Gasteiger charge is 2.50. The zero-order chi connectivity index (χ0) is 7.05. The first kappa shape index (κ1) is 4.97. The van der Waals surface area contributed by atoms with E-state index in [-0.39, 0.29) is 0 Å². The van der Waals surface area contributed by atoms with E-state index in [2.05, 4.69) is 12.1 Å². The second-order valence-corrected chi connectivity index (χ2v) is 4.55. The Morgan fingerprint density at radius 1 is 0.818 bits per heavy atom. The molecule has 11 heavy (non-hydrogen) atoms. The molecule has 3 aliphatic carbocycles. The molecule has 0 saturated heterocycles. The Hall–Kier alpha value is -0.780. The van der Waals surface area contributed by atoms with Gasteiger partial charge in [0, 0.05) is 0 Å². The molecule has 0 N–H and O–H groups in total. The molecule has 3 aliphatic rings. The van der Waals surface area contributed by atoms with Crippen molar-refractivity contribution in [3.63, 3.8) is 0 Å². The zero-order valence-electron chi connectivity index (χ0n) is 6.48. The lowest BCUT2D eigenvalue weighted by Crippen LogP contribution is -2.19. The molecule has 4 rings (SSSR count). The fourth-order valence-electron chi connectivity index (χ4n) is 3.49. The first-order valence-corrected chi connectivity index (χ1v) is 4.49. The van der Waals surface area contributed by atoms with Crippen LogP contribution in [0.5, 0.6) is 0 Å². The predicted molar refractivity (Wildman–Crippen MR) is 43.7 cm³/mol. The van der Waals surface area contributed by atoms with Crippen molar-refractivity contribution in [1.82, 2.24) is 0 Å². The van der Waals surface area contributed by atoms with E-state index >= 15 is 0 Å². The Kier molecular flexibility index (Phi) is 0.522. The molecule has 1 aromatic rings. The van der Waals surface area contributed by atoms with Crippen molar-refractivity contribution in [3.8, 4) is 0 Å². The summed E-state index contributed by atoms with van der Waals surface area (Å²) in [5, 5.41) is 0. The highest BCUT2D eigenvalue weighted by atomic mass is 14.5. The van der Waals surface area contributed by atoms with Crippen LogP contribution in [0.25, 0.3) is 0 Å². The highest BCUT2D eigenvalue weighted by molar-refractivity contribution is 5.56. The van der Waals surface area contributed by atoms with Crippen molar-refractivity contribution in [2.24, 2.45) is 5.41 Å². The Balaban J connectivity index is 2.32. The van der Waals surface area contributed by atoms with Crippen molar-refractivity contribution in [1.29, 1.82) is 0 Å². The minimum Gasteiger partial charge on any atom is -0.0585 e. The second kappa shape index (κ2) is 1.16. The molecule has 1 spiro atoms. The van der Waals surface area contributed by atoms with Gasteiger partial charge in [0.2, 0.25) is 0 Å². The molecule has 0 radical (unpaired) electrons. The second-order valence-electron chi connectivity index (χ2n) is 4.55. The van der Waals surface area contributed by atoms with Crippen molar-refractivity contribution >= 4 is 0 Å². The van der Waals surface area contributed by atoms with Crippen LogP contribution in [0.15, 0.2) is 12.1 Å². The third-order valence-electron chi connectivity index (χ3n) is 3.86. The molecule has 54 valence electrons. The van der Waals surface area contributed by atoms with Gasteiger partial charge in [-0.1, -0.05) is 12.1 Å². The standard InChI is InChI=1S/C11H10/c1-2-8-4-11-3-7(1)9(5-11)10(8)6-11/h1-2H,3-6H2. The number of hydrogen-bond donors (Lipinski definition) is 0. The summed E-state index contributed by atoms with van der Waals surface area (Å²) in [6.45, 7) is 0. The van der Waals surface area contributed by atoms with E-state index in [1.54, 1.807) is 22.3 Å². The largest absolute Gasteiger partial charge is 0.0585 e. The minimum absolute atomic E-state index is 0.721. The van der Waals surface area contributed by atoms with Gasteiger partial charge in [0.25, 0.3) is 0 Å². The van der Waals surface area contributed by atoms with E-state index < -0.39 is 0 Å². The Morgan fingerprint density at radius 2 is 1.36 bits per heavy atom. The Morgan fingerprint density at radius 3 is 1.91 bits per heavy atom. The van der Waals surface area contributed by atoms with Crippen LogP contribution in [0.2, 0.25) is 0 Å². The van der Waals surface area contributed by atoms with Gasteiger partial charge >= 0.3 is 0 Å². The van der Waals surface area contributed by atoms with Crippen LogP contribution in [0.1, 0.15) is 22.3 Å². The van der Waals surface area contributed by atoms with Crippen molar-refractivity contribution in [2.45, 2.75) is 25.7 Å². The van der Waals surface area contributed by atoms with Crippen LogP contribution < -0.4 is 0 Å². The van der Waals surface area contributed by atoms with Crippen LogP contribution >= 0.6 is 0 Å². The molecular weight excluding hydrogens is 132 g/mol. The van der Waals surface area contributed by atoms with Crippen LogP contribution in [-0.4, -0.2) is 0 Å². The van der Waals surface area contributed by atoms with Crippen molar-refractivity contribution in [3.05, 3.63) is 34.4 Å². The summed E-state index contributed by atoms with van der Waals surface area (Å²) in [5.74, 6) is 0. The Labute approximate surface area is 66.2 Å². The quantitative estimate of drug-likeness (QED) is 0.519. The number of benzene rings is 1. The number of hydrogen-bond acceptors (Lipinski definition) is 0. The van der Waals surface area contributed by atoms with E-state index in [1.165, 1.54) is 25.7 Å². The van der Waals surface area contributed by atoms with E-state index in [4.69, 9.17) is 0 Å². The average molecular weight is 142 g/mol. The lowest BCUT2D eigenvalue weighted by atomic mass is 9.84. The topological polar surface area (TPSA) is 0 Å². The van der Waals surface area contributed by atoms with Gasteiger partial charge in [-0.05, 0) is 53.4 Å². The molecule has 0 unspecified atom stereocenters. The van der Waals surface area contributed by atoms with Crippen LogP contribution in [-0.2, 0) is 25.7 Å². The zero-order valence-corrected chi connectivity index (χ0v) is 6.48. The number of rotatable bonds is 0. The van der Waals surface area contributed by atoms with Crippen molar-refractivity contribution < 1.29 is 0 Å². The normalized spacial score (nSPS) is 25.5. The van der Waals surface area contributed by atoms with Gasteiger partial charge in [-0.15, -0.1) is 0 Å². The van der Waals surface area contributed by atoms with Gasteiger partial charge in [0.15, 0.2) is 0 Å². The first-order valence-electron chi connectivity index (χ1n) is 4.49. The molecule has 0 fully saturated rings. The maximum atomic E-state index is 2.36. The summed E-state index contributed by atoms with van der Waals surface area (Å²) in [7, 11) is 0. The van der Waals surface area contributed by atoms with Gasteiger partial charge in [0.1, 0.15) is 0 Å². The Bertz CT molecular complexity index is 329. The van der Waals surface area contributed by atoms with Gasteiger partial charge in [0.05, 0.1) is 0 Å². The fourth-order valence-corrected chi connectivity index (χ4v) is 3.49. The van der Waals surface area contributed by atoms with Gasteiger partial charge < -0.3 is 0 Å². The molecule has 0 amide bonds. The molecular formula is C11H10. The van der Waals surface area contributed by atoms with Gasteiger partial charge in [-0.25, -0.2) is 0 Å². The summed E-state index contributed by atoms with van der Waals surface area (Å²) in [5.41, 5.74) is 7.56. The smallest absolute Gasteiger partial charge is 0.0135 e. The molecule has 0 saturated carbocycles. The molecule has 0 heteroatoms. The average Bonchev–Trinajstić information content (AvgIpc) is 2.52. The molecule has 3 bridgehead atoms. The third kappa shape index (κ3) is 0.366. The fraction of sp³-hybridized carbons (Fsp3) is 0.455. The van der Waals surface area contributed by atoms with Crippen LogP contribution in [0.3, 0.4) is 0 Å². The van der Waals surface area contributed by atoms with Crippen molar-refractivity contribution in [2.75, 3.05) is 0 Å². The summed E-state index contributed by atoms with van der Waals surface area (Å²) in [4.78, 5) is 0. The lowest BCUT2D eigenvalue weighted by Gasteiger charge is -2.19. The van der Waals surface area contributed by atoms with Crippen LogP contribution in [0.4, 0.5) is 0 Å². The van der Waals surface area contributed by atoms with E-state index in [9.17, 15) is 0 Å². The maximum Gasteiger partial charge on any atom is -0.0135 e.